The first-order valence-corrected chi connectivity index (χ1v) is 9.75. The zero-order valence-corrected chi connectivity index (χ0v) is 16.1. The Morgan fingerprint density at radius 3 is 2.41 bits per heavy atom. The second-order valence-corrected chi connectivity index (χ2v) is 7.24. The van der Waals surface area contributed by atoms with Crippen molar-refractivity contribution < 1.29 is 9.53 Å². The number of para-hydroxylation sites is 2. The number of urea groups is 1. The van der Waals surface area contributed by atoms with Crippen LogP contribution in [0.4, 0.5) is 16.2 Å². The number of ether oxygens (including phenoxy) is 1. The number of piperazine rings is 1. The Hall–Kier alpha value is -2.37. The zero-order valence-electron chi connectivity index (χ0n) is 16.1. The largest absolute Gasteiger partial charge is 0.373 e. The number of nitrogens with zero attached hydrogens (tertiary/aromatic N) is 3. The molecule has 0 saturated carbocycles. The van der Waals surface area contributed by atoms with Gasteiger partial charge in [0.05, 0.1) is 17.5 Å². The normalized spacial score (nSPS) is 20.0. The van der Waals surface area contributed by atoms with Crippen LogP contribution < -0.4 is 4.90 Å². The second kappa shape index (κ2) is 7.71. The van der Waals surface area contributed by atoms with Gasteiger partial charge in [-0.15, -0.1) is 0 Å². The maximum absolute atomic E-state index is 13.6. The molecule has 2 amide bonds. The van der Waals surface area contributed by atoms with E-state index in [1.54, 1.807) is 0 Å². The van der Waals surface area contributed by atoms with E-state index in [-0.39, 0.29) is 12.1 Å². The first kappa shape index (κ1) is 18.0. The Morgan fingerprint density at radius 2 is 1.67 bits per heavy atom. The van der Waals surface area contributed by atoms with Crippen LogP contribution in [-0.4, -0.2) is 55.7 Å². The predicted molar refractivity (Wildman–Crippen MR) is 108 cm³/mol. The van der Waals surface area contributed by atoms with Gasteiger partial charge in [0.2, 0.25) is 0 Å². The van der Waals surface area contributed by atoms with Crippen molar-refractivity contribution in [2.24, 2.45) is 0 Å². The summed E-state index contributed by atoms with van der Waals surface area (Å²) in [5.41, 5.74) is 4.13. The van der Waals surface area contributed by atoms with E-state index in [4.69, 9.17) is 4.74 Å². The monoisotopic (exact) mass is 365 g/mol. The van der Waals surface area contributed by atoms with Crippen LogP contribution in [0.5, 0.6) is 0 Å². The van der Waals surface area contributed by atoms with Crippen LogP contribution in [0.25, 0.3) is 0 Å². The van der Waals surface area contributed by atoms with E-state index >= 15 is 0 Å². The van der Waals surface area contributed by atoms with Gasteiger partial charge in [-0.05, 0) is 31.7 Å². The molecule has 0 aromatic heterocycles. The van der Waals surface area contributed by atoms with Crippen LogP contribution in [0.1, 0.15) is 24.2 Å². The molecule has 2 heterocycles. The van der Waals surface area contributed by atoms with E-state index in [0.29, 0.717) is 6.61 Å². The molecular weight excluding hydrogens is 338 g/mol. The summed E-state index contributed by atoms with van der Waals surface area (Å²) in [7, 11) is 2.10. The molecule has 2 aliphatic rings. The maximum Gasteiger partial charge on any atom is 0.329 e. The topological polar surface area (TPSA) is 36.0 Å². The maximum atomic E-state index is 13.6. The molecule has 1 saturated heterocycles. The molecular formula is C22H27N3O2. The molecule has 2 aromatic carbocycles. The van der Waals surface area contributed by atoms with Crippen molar-refractivity contribution in [3.63, 3.8) is 0 Å². The molecule has 0 aliphatic carbocycles. The van der Waals surface area contributed by atoms with E-state index < -0.39 is 0 Å². The minimum atomic E-state index is -0.0439. The Balaban J connectivity index is 1.80. The molecule has 5 nitrogen and oxygen atoms in total. The highest BCUT2D eigenvalue weighted by Crippen LogP contribution is 2.42. The Kier molecular flexibility index (Phi) is 5.14. The second-order valence-electron chi connectivity index (χ2n) is 7.24. The van der Waals surface area contributed by atoms with Crippen molar-refractivity contribution in [3.05, 3.63) is 59.7 Å². The average molecular weight is 365 g/mol. The lowest BCUT2D eigenvalue weighted by atomic mass is 10.0. The van der Waals surface area contributed by atoms with Gasteiger partial charge in [0.1, 0.15) is 0 Å². The van der Waals surface area contributed by atoms with E-state index in [2.05, 4.69) is 30.1 Å². The predicted octanol–water partition coefficient (Wildman–Crippen LogP) is 3.83. The van der Waals surface area contributed by atoms with Gasteiger partial charge in [0.15, 0.2) is 0 Å². The van der Waals surface area contributed by atoms with E-state index in [1.165, 1.54) is 0 Å². The van der Waals surface area contributed by atoms with Gasteiger partial charge >= 0.3 is 6.03 Å². The number of carbonyl (C=O) groups excluding carboxylic acids is 1. The number of hydrogen-bond acceptors (Lipinski definition) is 3. The molecule has 142 valence electrons. The molecule has 0 spiro atoms. The van der Waals surface area contributed by atoms with Gasteiger partial charge in [0, 0.05) is 44.8 Å². The van der Waals surface area contributed by atoms with Crippen molar-refractivity contribution in [2.45, 2.75) is 19.4 Å². The first-order chi connectivity index (χ1) is 13.2. The number of amides is 2. The third-order valence-corrected chi connectivity index (χ3v) is 5.50. The van der Waals surface area contributed by atoms with Crippen LogP contribution in [0.2, 0.25) is 0 Å². The van der Waals surface area contributed by atoms with Gasteiger partial charge in [-0.2, -0.15) is 0 Å². The number of benzene rings is 2. The van der Waals surface area contributed by atoms with Gasteiger partial charge in [-0.3, -0.25) is 4.90 Å². The molecule has 0 radical (unpaired) electrons. The number of rotatable bonds is 2. The minimum Gasteiger partial charge on any atom is -0.373 e. The quantitative estimate of drug-likeness (QED) is 0.812. The number of anilines is 2. The lowest BCUT2D eigenvalue weighted by Gasteiger charge is -2.36. The summed E-state index contributed by atoms with van der Waals surface area (Å²) in [6.45, 7) is 5.99. The SMILES string of the molecule is CCO[C@@H]1Cc2ccccc2N(C(=O)N2CCN(C)CC2)c2ccccc21. The van der Waals surface area contributed by atoms with Crippen molar-refractivity contribution in [3.8, 4) is 0 Å². The lowest BCUT2D eigenvalue weighted by molar-refractivity contribution is 0.0638. The third-order valence-electron chi connectivity index (χ3n) is 5.50. The van der Waals surface area contributed by atoms with Crippen molar-refractivity contribution in [1.82, 2.24) is 9.80 Å². The summed E-state index contributed by atoms with van der Waals surface area (Å²) < 4.78 is 6.08. The third kappa shape index (κ3) is 3.45. The van der Waals surface area contributed by atoms with E-state index in [9.17, 15) is 4.79 Å². The lowest BCUT2D eigenvalue weighted by Crippen LogP contribution is -2.51. The highest BCUT2D eigenvalue weighted by atomic mass is 16.5. The molecule has 0 unspecified atom stereocenters. The molecule has 4 rings (SSSR count). The molecule has 0 bridgehead atoms. The fourth-order valence-corrected chi connectivity index (χ4v) is 4.00. The van der Waals surface area contributed by atoms with Crippen LogP contribution >= 0.6 is 0 Å². The standard InChI is InChI=1S/C22H27N3O2/c1-3-27-21-16-17-8-4-6-10-19(17)25(20-11-7-5-9-18(20)21)22(26)24-14-12-23(2)13-15-24/h4-11,21H,3,12-16H2,1-2H3/t21-/m1/s1. The molecule has 2 aliphatic heterocycles. The Labute approximate surface area is 161 Å². The smallest absolute Gasteiger partial charge is 0.329 e. The number of fused-ring (bicyclic) bond motifs is 2. The van der Waals surface area contributed by atoms with Crippen LogP contribution in [-0.2, 0) is 11.2 Å². The summed E-state index contributed by atoms with van der Waals surface area (Å²) in [4.78, 5) is 19.7. The average Bonchev–Trinajstić information content (AvgIpc) is 2.83. The molecule has 1 atom stereocenters. The highest BCUT2D eigenvalue weighted by Gasteiger charge is 2.33. The minimum absolute atomic E-state index is 0.0439. The van der Waals surface area contributed by atoms with Gasteiger partial charge in [-0.1, -0.05) is 36.4 Å². The van der Waals surface area contributed by atoms with Gasteiger partial charge < -0.3 is 14.5 Å². The number of hydrogen-bond donors (Lipinski definition) is 0. The van der Waals surface area contributed by atoms with Crippen LogP contribution in [0, 0.1) is 0 Å². The van der Waals surface area contributed by atoms with Crippen LogP contribution in [0.3, 0.4) is 0 Å². The van der Waals surface area contributed by atoms with Crippen molar-refractivity contribution in [2.75, 3.05) is 44.7 Å². The number of likely N-dealkylation sites (N-methyl/N-ethyl adjacent to an activating group) is 1. The Morgan fingerprint density at radius 1 is 1.00 bits per heavy atom. The fraction of sp³-hybridized carbons (Fsp3) is 0.409. The molecule has 2 aromatic rings. The zero-order chi connectivity index (χ0) is 18.8. The summed E-state index contributed by atoms with van der Waals surface area (Å²) in [5.74, 6) is 0. The van der Waals surface area contributed by atoms with E-state index in [0.717, 1.165) is 55.1 Å². The number of carbonyl (C=O) groups is 1. The fourth-order valence-electron chi connectivity index (χ4n) is 4.00. The van der Waals surface area contributed by atoms with Crippen molar-refractivity contribution in [1.29, 1.82) is 0 Å². The van der Waals surface area contributed by atoms with Gasteiger partial charge in [-0.25, -0.2) is 4.79 Å². The van der Waals surface area contributed by atoms with Crippen LogP contribution in [0.15, 0.2) is 48.5 Å². The van der Waals surface area contributed by atoms with Crippen molar-refractivity contribution >= 4 is 17.4 Å². The van der Waals surface area contributed by atoms with E-state index in [1.807, 2.05) is 47.1 Å². The first-order valence-electron chi connectivity index (χ1n) is 9.75. The molecule has 1 fully saturated rings. The Bertz CT molecular complexity index is 815. The summed E-state index contributed by atoms with van der Waals surface area (Å²) in [6.07, 6.45) is 0.728. The highest BCUT2D eigenvalue weighted by molar-refractivity contribution is 6.01. The van der Waals surface area contributed by atoms with Gasteiger partial charge in [0.25, 0.3) is 0 Å². The summed E-state index contributed by atoms with van der Waals surface area (Å²) in [5, 5.41) is 0. The summed E-state index contributed by atoms with van der Waals surface area (Å²) in [6, 6.07) is 16.4. The molecule has 0 N–H and O–H groups in total. The summed E-state index contributed by atoms with van der Waals surface area (Å²) >= 11 is 0. The molecule has 27 heavy (non-hydrogen) atoms. The molecule has 5 heteroatoms.